The largest absolute Gasteiger partial charge is 0.368 e. The number of aromatic amines is 1. The molecule has 2 amide bonds. The normalized spacial score (nSPS) is 12.3. The third-order valence-corrected chi connectivity index (χ3v) is 4.05. The van der Waals surface area contributed by atoms with E-state index in [1.165, 1.54) is 0 Å². The number of carbonyl (C=O) groups excluding carboxylic acids is 2. The number of rotatable bonds is 6. The van der Waals surface area contributed by atoms with Crippen molar-refractivity contribution in [2.45, 2.75) is 26.3 Å². The quantitative estimate of drug-likeness (QED) is 0.632. The Hall–Kier alpha value is -3.22. The number of imidazole rings is 1. The van der Waals surface area contributed by atoms with Crippen LogP contribution in [0.4, 0.5) is 0 Å². The van der Waals surface area contributed by atoms with Gasteiger partial charge in [-0.3, -0.25) is 14.6 Å². The van der Waals surface area contributed by atoms with E-state index in [-0.39, 0.29) is 11.8 Å². The van der Waals surface area contributed by atoms with E-state index >= 15 is 0 Å². The molecule has 2 heterocycles. The molecule has 1 atom stereocenters. The third kappa shape index (κ3) is 3.88. The molecule has 0 saturated heterocycles. The summed E-state index contributed by atoms with van der Waals surface area (Å²) in [6.07, 6.45) is 3.89. The number of amides is 2. The topological polar surface area (TPSA) is 114 Å². The van der Waals surface area contributed by atoms with Crippen LogP contribution >= 0.6 is 0 Å². The lowest BCUT2D eigenvalue weighted by Gasteiger charge is -2.17. The number of hydrogen-bond donors (Lipinski definition) is 3. The number of nitrogens with two attached hydrogens (primary N) is 1. The fourth-order valence-corrected chi connectivity index (χ4v) is 2.76. The number of aromatic nitrogens is 3. The monoisotopic (exact) mass is 351 g/mol. The molecule has 3 rings (SSSR count). The van der Waals surface area contributed by atoms with Gasteiger partial charge < -0.3 is 16.0 Å². The molecule has 2 aromatic heterocycles. The van der Waals surface area contributed by atoms with Gasteiger partial charge in [0.1, 0.15) is 11.9 Å². The first-order valence-corrected chi connectivity index (χ1v) is 8.44. The van der Waals surface area contributed by atoms with Gasteiger partial charge in [-0.15, -0.1) is 0 Å². The molecule has 0 aliphatic rings. The van der Waals surface area contributed by atoms with Crippen molar-refractivity contribution >= 4 is 22.8 Å². The Morgan fingerprint density at radius 3 is 2.58 bits per heavy atom. The highest BCUT2D eigenvalue weighted by atomic mass is 16.2. The van der Waals surface area contributed by atoms with Gasteiger partial charge in [-0.25, -0.2) is 4.98 Å². The zero-order chi connectivity index (χ0) is 18.7. The summed E-state index contributed by atoms with van der Waals surface area (Å²) in [5.41, 5.74) is 8.24. The van der Waals surface area contributed by atoms with Gasteiger partial charge in [0.15, 0.2) is 0 Å². The Balaban J connectivity index is 1.84. The molecule has 0 fully saturated rings. The fourth-order valence-electron chi connectivity index (χ4n) is 2.76. The van der Waals surface area contributed by atoms with Gasteiger partial charge in [-0.1, -0.05) is 13.8 Å². The summed E-state index contributed by atoms with van der Waals surface area (Å²) in [6.45, 7) is 3.94. The van der Waals surface area contributed by atoms with Crippen LogP contribution < -0.4 is 11.1 Å². The van der Waals surface area contributed by atoms with Crippen LogP contribution in [0.25, 0.3) is 22.4 Å². The van der Waals surface area contributed by atoms with Crippen LogP contribution in [0.3, 0.4) is 0 Å². The predicted octanol–water partition coefficient (Wildman–Crippen LogP) is 2.25. The molecular weight excluding hydrogens is 330 g/mol. The van der Waals surface area contributed by atoms with E-state index in [4.69, 9.17) is 5.73 Å². The van der Waals surface area contributed by atoms with Crippen molar-refractivity contribution in [1.82, 2.24) is 20.3 Å². The summed E-state index contributed by atoms with van der Waals surface area (Å²) in [4.78, 5) is 35.8. The molecule has 7 heteroatoms. The van der Waals surface area contributed by atoms with Crippen LogP contribution in [0.5, 0.6) is 0 Å². The predicted molar refractivity (Wildman–Crippen MR) is 99.2 cm³/mol. The number of H-pyrrole nitrogens is 1. The molecule has 0 radical (unpaired) electrons. The van der Waals surface area contributed by atoms with Crippen LogP contribution in [0.1, 0.15) is 30.6 Å². The number of nitrogens with zero attached hydrogens (tertiary/aromatic N) is 2. The average molecular weight is 351 g/mol. The zero-order valence-corrected chi connectivity index (χ0v) is 14.7. The summed E-state index contributed by atoms with van der Waals surface area (Å²) in [5.74, 6) is 0.0756. The number of primary amides is 1. The van der Waals surface area contributed by atoms with Crippen molar-refractivity contribution in [1.29, 1.82) is 0 Å². The van der Waals surface area contributed by atoms with E-state index in [1.807, 2.05) is 26.0 Å². The Morgan fingerprint density at radius 2 is 1.92 bits per heavy atom. The van der Waals surface area contributed by atoms with Crippen LogP contribution in [0.15, 0.2) is 42.7 Å². The standard InChI is InChI=1S/C19H21N5O2/c1-11(2)9-16(17(20)25)24-19(26)13-3-4-14-15(10-13)23-18(22-14)12-5-7-21-8-6-12/h3-8,10-11,16H,9H2,1-2H3,(H2,20,25)(H,22,23)(H,24,26). The number of fused-ring (bicyclic) bond motifs is 1. The van der Waals surface area contributed by atoms with Crippen LogP contribution in [0, 0.1) is 5.92 Å². The lowest BCUT2D eigenvalue weighted by atomic mass is 10.0. The molecule has 1 unspecified atom stereocenters. The first-order valence-electron chi connectivity index (χ1n) is 8.44. The first-order chi connectivity index (χ1) is 12.4. The molecule has 7 nitrogen and oxygen atoms in total. The minimum atomic E-state index is -0.688. The Morgan fingerprint density at radius 1 is 1.19 bits per heavy atom. The van der Waals surface area contributed by atoms with Gasteiger partial charge >= 0.3 is 0 Å². The highest BCUT2D eigenvalue weighted by Crippen LogP contribution is 2.21. The van der Waals surface area contributed by atoms with Gasteiger partial charge in [-0.05, 0) is 42.7 Å². The van der Waals surface area contributed by atoms with Gasteiger partial charge in [-0.2, -0.15) is 0 Å². The van der Waals surface area contributed by atoms with Crippen LogP contribution in [-0.2, 0) is 4.79 Å². The summed E-state index contributed by atoms with van der Waals surface area (Å²) in [5, 5.41) is 2.71. The third-order valence-electron chi connectivity index (χ3n) is 4.05. The number of nitrogens with one attached hydrogen (secondary N) is 2. The fraction of sp³-hybridized carbons (Fsp3) is 0.263. The second-order valence-electron chi connectivity index (χ2n) is 6.61. The smallest absolute Gasteiger partial charge is 0.252 e. The molecule has 134 valence electrons. The van der Waals surface area contributed by atoms with Crippen LogP contribution in [0.2, 0.25) is 0 Å². The molecule has 4 N–H and O–H groups in total. The van der Waals surface area contributed by atoms with E-state index in [1.54, 1.807) is 30.6 Å². The van der Waals surface area contributed by atoms with Gasteiger partial charge in [0.05, 0.1) is 11.0 Å². The van der Waals surface area contributed by atoms with E-state index < -0.39 is 11.9 Å². The summed E-state index contributed by atoms with van der Waals surface area (Å²) in [7, 11) is 0. The lowest BCUT2D eigenvalue weighted by molar-refractivity contribution is -0.120. The van der Waals surface area contributed by atoms with E-state index in [2.05, 4.69) is 20.3 Å². The molecular formula is C19H21N5O2. The van der Waals surface area contributed by atoms with Crippen molar-refractivity contribution in [2.75, 3.05) is 0 Å². The minimum absolute atomic E-state index is 0.241. The first kappa shape index (κ1) is 17.6. The minimum Gasteiger partial charge on any atom is -0.368 e. The SMILES string of the molecule is CC(C)CC(NC(=O)c1ccc2nc(-c3ccncc3)[nH]c2c1)C(N)=O. The van der Waals surface area contributed by atoms with Crippen molar-refractivity contribution < 1.29 is 9.59 Å². The van der Waals surface area contributed by atoms with Crippen molar-refractivity contribution in [3.8, 4) is 11.4 Å². The Labute approximate surface area is 151 Å². The van der Waals surface area contributed by atoms with E-state index in [0.29, 0.717) is 17.8 Å². The highest BCUT2D eigenvalue weighted by Gasteiger charge is 2.20. The number of carbonyl (C=O) groups is 2. The maximum absolute atomic E-state index is 12.5. The van der Waals surface area contributed by atoms with Crippen molar-refractivity contribution in [2.24, 2.45) is 11.7 Å². The zero-order valence-electron chi connectivity index (χ0n) is 14.7. The van der Waals surface area contributed by atoms with Crippen LogP contribution in [-0.4, -0.2) is 32.8 Å². The summed E-state index contributed by atoms with van der Waals surface area (Å²) < 4.78 is 0. The van der Waals surface area contributed by atoms with Crippen molar-refractivity contribution in [3.05, 3.63) is 48.3 Å². The van der Waals surface area contributed by atoms with Gasteiger partial charge in [0.2, 0.25) is 5.91 Å². The summed E-state index contributed by atoms with van der Waals surface area (Å²) >= 11 is 0. The highest BCUT2D eigenvalue weighted by molar-refractivity contribution is 5.99. The maximum atomic E-state index is 12.5. The second kappa shape index (κ2) is 7.35. The lowest BCUT2D eigenvalue weighted by Crippen LogP contribution is -2.45. The Bertz CT molecular complexity index is 934. The molecule has 0 aliphatic heterocycles. The number of benzene rings is 1. The average Bonchev–Trinajstić information content (AvgIpc) is 3.04. The van der Waals surface area contributed by atoms with E-state index in [0.717, 1.165) is 16.6 Å². The molecule has 0 bridgehead atoms. The molecule has 26 heavy (non-hydrogen) atoms. The molecule has 1 aromatic carbocycles. The molecule has 3 aromatic rings. The van der Waals surface area contributed by atoms with Gasteiger partial charge in [0, 0.05) is 23.5 Å². The molecule has 0 saturated carbocycles. The number of hydrogen-bond acceptors (Lipinski definition) is 4. The second-order valence-corrected chi connectivity index (χ2v) is 6.61. The number of pyridine rings is 1. The van der Waals surface area contributed by atoms with Gasteiger partial charge in [0.25, 0.3) is 5.91 Å². The molecule has 0 aliphatic carbocycles. The van der Waals surface area contributed by atoms with Crippen molar-refractivity contribution in [3.63, 3.8) is 0 Å². The Kier molecular flexibility index (Phi) is 4.97. The summed E-state index contributed by atoms with van der Waals surface area (Å²) in [6, 6.07) is 8.20. The molecule has 0 spiro atoms. The maximum Gasteiger partial charge on any atom is 0.252 e. The van der Waals surface area contributed by atoms with E-state index in [9.17, 15) is 9.59 Å².